The summed E-state index contributed by atoms with van der Waals surface area (Å²) >= 11 is 1.62. The summed E-state index contributed by atoms with van der Waals surface area (Å²) in [7, 11) is 0. The first-order valence-corrected chi connectivity index (χ1v) is 8.32. The van der Waals surface area contributed by atoms with E-state index in [1.165, 1.54) is 37.4 Å². The number of amides is 1. The van der Waals surface area contributed by atoms with Crippen LogP contribution in [0.15, 0.2) is 23.1 Å². The van der Waals surface area contributed by atoms with E-state index in [0.717, 1.165) is 17.3 Å². The molecule has 2 saturated heterocycles. The molecule has 3 aliphatic heterocycles. The van der Waals surface area contributed by atoms with E-state index in [9.17, 15) is 4.79 Å². The van der Waals surface area contributed by atoms with E-state index in [-0.39, 0.29) is 5.91 Å². The first-order valence-electron chi connectivity index (χ1n) is 7.33. The van der Waals surface area contributed by atoms with Gasteiger partial charge in [0.15, 0.2) is 0 Å². The summed E-state index contributed by atoms with van der Waals surface area (Å²) in [6, 6.07) is 6.93. The van der Waals surface area contributed by atoms with Crippen molar-refractivity contribution in [2.75, 3.05) is 36.0 Å². The topological polar surface area (TPSA) is 44.4 Å². The van der Waals surface area contributed by atoms with E-state index >= 15 is 0 Å². The molecule has 1 aromatic carbocycles. The van der Waals surface area contributed by atoms with Gasteiger partial charge in [-0.15, -0.1) is 11.8 Å². The molecular weight excluding hydrogens is 270 g/mol. The summed E-state index contributed by atoms with van der Waals surface area (Å²) in [5, 5.41) is 6.65. The second-order valence-corrected chi connectivity index (χ2v) is 6.95. The minimum absolute atomic E-state index is 0.101. The molecule has 4 nitrogen and oxygen atoms in total. The van der Waals surface area contributed by atoms with Gasteiger partial charge in [0, 0.05) is 29.7 Å². The fraction of sp³-hybridized carbons (Fsp3) is 0.533. The number of nitrogens with one attached hydrogen (secondary N) is 2. The van der Waals surface area contributed by atoms with Crippen LogP contribution >= 0.6 is 11.8 Å². The van der Waals surface area contributed by atoms with Gasteiger partial charge in [-0.25, -0.2) is 0 Å². The van der Waals surface area contributed by atoms with Gasteiger partial charge in [0.25, 0.3) is 0 Å². The van der Waals surface area contributed by atoms with Crippen LogP contribution in [0, 0.1) is 5.92 Å². The van der Waals surface area contributed by atoms with Gasteiger partial charge in [0.05, 0.1) is 11.4 Å². The Morgan fingerprint density at radius 3 is 3.15 bits per heavy atom. The third-order valence-electron chi connectivity index (χ3n) is 4.60. The number of nitrogens with zero attached hydrogens (tertiary/aromatic N) is 1. The number of carbonyl (C=O) groups excluding carboxylic acids is 1. The van der Waals surface area contributed by atoms with E-state index in [4.69, 9.17) is 0 Å². The highest BCUT2D eigenvalue weighted by molar-refractivity contribution is 8.00. The number of benzene rings is 1. The lowest BCUT2D eigenvalue weighted by Gasteiger charge is -2.32. The molecule has 0 aliphatic carbocycles. The zero-order valence-electron chi connectivity index (χ0n) is 11.4. The van der Waals surface area contributed by atoms with Crippen LogP contribution in [-0.4, -0.2) is 42.2 Å². The molecule has 2 N–H and O–H groups in total. The molecule has 0 spiro atoms. The Morgan fingerprint density at radius 2 is 2.20 bits per heavy atom. The van der Waals surface area contributed by atoms with Crippen molar-refractivity contribution in [3.63, 3.8) is 0 Å². The summed E-state index contributed by atoms with van der Waals surface area (Å²) < 4.78 is 0. The summed E-state index contributed by atoms with van der Waals surface area (Å²) in [4.78, 5) is 15.2. The molecule has 106 valence electrons. The van der Waals surface area contributed by atoms with Crippen molar-refractivity contribution in [3.8, 4) is 0 Å². The highest BCUT2D eigenvalue weighted by Gasteiger charge is 2.34. The minimum atomic E-state index is 0.101. The van der Waals surface area contributed by atoms with Gasteiger partial charge in [-0.05, 0) is 43.5 Å². The van der Waals surface area contributed by atoms with Crippen molar-refractivity contribution in [2.24, 2.45) is 5.92 Å². The summed E-state index contributed by atoms with van der Waals surface area (Å²) in [5.74, 6) is 1.41. The summed E-state index contributed by atoms with van der Waals surface area (Å²) in [6.07, 6.45) is 2.54. The van der Waals surface area contributed by atoms with Crippen molar-refractivity contribution >= 4 is 29.0 Å². The molecule has 2 fully saturated rings. The molecule has 3 aliphatic rings. The van der Waals surface area contributed by atoms with E-state index < -0.39 is 0 Å². The predicted octanol–water partition coefficient (Wildman–Crippen LogP) is 2.24. The fourth-order valence-corrected chi connectivity index (χ4v) is 4.32. The fourth-order valence-electron chi connectivity index (χ4n) is 3.53. The molecule has 3 unspecified atom stereocenters. The number of hydrogen-bond donors (Lipinski definition) is 2. The molecule has 0 aromatic heterocycles. The molecule has 3 atom stereocenters. The highest BCUT2D eigenvalue weighted by Crippen LogP contribution is 2.35. The SMILES string of the molecule is O=C1CSc2ccc(NC3CCN4CCC3C4)cc2N1. The molecular formula is C15H19N3OS. The Morgan fingerprint density at radius 1 is 1.30 bits per heavy atom. The van der Waals surface area contributed by atoms with Crippen molar-refractivity contribution in [1.82, 2.24) is 4.90 Å². The molecule has 2 bridgehead atoms. The van der Waals surface area contributed by atoms with Crippen LogP contribution in [0.5, 0.6) is 0 Å². The highest BCUT2D eigenvalue weighted by atomic mass is 32.2. The Kier molecular flexibility index (Phi) is 3.11. The lowest BCUT2D eigenvalue weighted by Crippen LogP contribution is -2.39. The van der Waals surface area contributed by atoms with Gasteiger partial charge in [-0.2, -0.15) is 0 Å². The third-order valence-corrected chi connectivity index (χ3v) is 5.67. The van der Waals surface area contributed by atoms with E-state index in [0.29, 0.717) is 11.8 Å². The normalized spacial score (nSPS) is 31.6. The van der Waals surface area contributed by atoms with Crippen LogP contribution in [0.2, 0.25) is 0 Å². The quantitative estimate of drug-likeness (QED) is 0.876. The van der Waals surface area contributed by atoms with Crippen molar-refractivity contribution in [2.45, 2.75) is 23.8 Å². The van der Waals surface area contributed by atoms with Crippen LogP contribution in [0.25, 0.3) is 0 Å². The number of rotatable bonds is 2. The molecule has 1 amide bonds. The number of anilines is 2. The van der Waals surface area contributed by atoms with E-state index in [2.05, 4.69) is 33.7 Å². The zero-order chi connectivity index (χ0) is 13.5. The number of thioether (sulfide) groups is 1. The number of piperidine rings is 1. The maximum atomic E-state index is 11.5. The molecule has 4 rings (SSSR count). The van der Waals surface area contributed by atoms with Crippen LogP contribution in [0.1, 0.15) is 12.8 Å². The largest absolute Gasteiger partial charge is 0.382 e. The van der Waals surface area contributed by atoms with Gasteiger partial charge in [0.1, 0.15) is 0 Å². The standard InChI is InChI=1S/C15H19N3OS/c19-15-9-20-14-2-1-11(7-13(14)17-15)16-12-4-6-18-5-3-10(12)8-18/h1-2,7,10,12,16H,3-6,8-9H2,(H,17,19). The summed E-state index contributed by atoms with van der Waals surface area (Å²) in [5.41, 5.74) is 2.09. The first kappa shape index (κ1) is 12.5. The monoisotopic (exact) mass is 289 g/mol. The van der Waals surface area contributed by atoms with Crippen molar-refractivity contribution < 1.29 is 4.79 Å². The maximum Gasteiger partial charge on any atom is 0.234 e. The van der Waals surface area contributed by atoms with Gasteiger partial charge < -0.3 is 15.5 Å². The number of fused-ring (bicyclic) bond motifs is 3. The lowest BCUT2D eigenvalue weighted by molar-refractivity contribution is -0.113. The van der Waals surface area contributed by atoms with Gasteiger partial charge in [-0.3, -0.25) is 4.79 Å². The molecule has 20 heavy (non-hydrogen) atoms. The maximum absolute atomic E-state index is 11.5. The molecule has 5 heteroatoms. The minimum Gasteiger partial charge on any atom is -0.382 e. The number of hydrogen-bond acceptors (Lipinski definition) is 4. The second-order valence-electron chi connectivity index (χ2n) is 5.94. The average Bonchev–Trinajstić information content (AvgIpc) is 2.84. The van der Waals surface area contributed by atoms with Crippen LogP contribution < -0.4 is 10.6 Å². The van der Waals surface area contributed by atoms with Crippen molar-refractivity contribution in [3.05, 3.63) is 18.2 Å². The zero-order valence-corrected chi connectivity index (χ0v) is 12.2. The Bertz CT molecular complexity index is 548. The summed E-state index contributed by atoms with van der Waals surface area (Å²) in [6.45, 7) is 3.72. The van der Waals surface area contributed by atoms with Gasteiger partial charge in [-0.1, -0.05) is 0 Å². The van der Waals surface area contributed by atoms with E-state index in [1.54, 1.807) is 11.8 Å². The van der Waals surface area contributed by atoms with Crippen molar-refractivity contribution in [1.29, 1.82) is 0 Å². The van der Waals surface area contributed by atoms with Crippen LogP contribution in [0.4, 0.5) is 11.4 Å². The van der Waals surface area contributed by atoms with Crippen LogP contribution in [0.3, 0.4) is 0 Å². The molecule has 0 radical (unpaired) electrons. The average molecular weight is 289 g/mol. The molecule has 1 aromatic rings. The Hall–Kier alpha value is -1.20. The van der Waals surface area contributed by atoms with Gasteiger partial charge in [0.2, 0.25) is 5.91 Å². The van der Waals surface area contributed by atoms with Crippen LogP contribution in [-0.2, 0) is 4.79 Å². The molecule has 3 heterocycles. The Balaban J connectivity index is 1.51. The lowest BCUT2D eigenvalue weighted by atomic mass is 9.94. The second kappa shape index (κ2) is 4.97. The smallest absolute Gasteiger partial charge is 0.234 e. The third kappa shape index (κ3) is 2.29. The first-order chi connectivity index (χ1) is 9.78. The number of carbonyl (C=O) groups is 1. The predicted molar refractivity (Wildman–Crippen MR) is 82.4 cm³/mol. The van der Waals surface area contributed by atoms with E-state index in [1.807, 2.05) is 0 Å². The molecule has 0 saturated carbocycles. The Labute approximate surface area is 123 Å². The van der Waals surface area contributed by atoms with Gasteiger partial charge >= 0.3 is 0 Å².